The Hall–Kier alpha value is -2.05. The lowest BCUT2D eigenvalue weighted by Gasteiger charge is -2.15. The lowest BCUT2D eigenvalue weighted by molar-refractivity contribution is -0.122. The second kappa shape index (κ2) is 8.10. The molecule has 0 aliphatic heterocycles. The van der Waals surface area contributed by atoms with Gasteiger partial charge in [-0.25, -0.2) is 4.79 Å². The Kier molecular flexibility index (Phi) is 5.84. The van der Waals surface area contributed by atoms with Gasteiger partial charge < -0.3 is 14.8 Å². The number of halogens is 1. The molecule has 5 nitrogen and oxygen atoms in total. The minimum atomic E-state index is -0.721. The summed E-state index contributed by atoms with van der Waals surface area (Å²) in [6.07, 6.45) is 3.18. The van der Waals surface area contributed by atoms with Gasteiger partial charge in [-0.2, -0.15) is 0 Å². The van der Waals surface area contributed by atoms with Crippen LogP contribution in [0.2, 0.25) is 5.02 Å². The summed E-state index contributed by atoms with van der Waals surface area (Å²) in [5, 5.41) is 3.98. The highest BCUT2D eigenvalue weighted by Crippen LogP contribution is 2.38. The summed E-state index contributed by atoms with van der Waals surface area (Å²) in [5.41, 5.74) is 1.49. The van der Waals surface area contributed by atoms with Crippen molar-refractivity contribution in [2.24, 2.45) is 0 Å². The summed E-state index contributed by atoms with van der Waals surface area (Å²) in [4.78, 5) is 25.9. The number of nitrogens with one attached hydrogen (secondary N) is 1. The van der Waals surface area contributed by atoms with Gasteiger partial charge in [-0.3, -0.25) is 4.79 Å². The highest BCUT2D eigenvalue weighted by atomic mass is 35.5. The molecule has 7 heteroatoms. The monoisotopic (exact) mass is 393 g/mol. The minimum absolute atomic E-state index is 0.316. The fourth-order valence-corrected chi connectivity index (χ4v) is 4.36. The number of ether oxygens (including phenoxy) is 2. The predicted molar refractivity (Wildman–Crippen MR) is 102 cm³/mol. The summed E-state index contributed by atoms with van der Waals surface area (Å²) in [5.74, 6) is -0.176. The van der Waals surface area contributed by atoms with Crippen LogP contribution in [0.4, 0.5) is 5.00 Å². The summed E-state index contributed by atoms with van der Waals surface area (Å²) >= 11 is 7.31. The maximum absolute atomic E-state index is 12.6. The molecule has 138 valence electrons. The Labute approximate surface area is 161 Å². The van der Waals surface area contributed by atoms with E-state index in [0.717, 1.165) is 36.1 Å². The van der Waals surface area contributed by atoms with Crippen molar-refractivity contribution in [2.75, 3.05) is 12.4 Å². The van der Waals surface area contributed by atoms with Gasteiger partial charge >= 0.3 is 5.97 Å². The van der Waals surface area contributed by atoms with Gasteiger partial charge in [0.1, 0.15) is 10.8 Å². The molecule has 2 aromatic rings. The van der Waals surface area contributed by atoms with Crippen LogP contribution >= 0.6 is 22.9 Å². The van der Waals surface area contributed by atoms with Gasteiger partial charge in [-0.05, 0) is 62.4 Å². The highest BCUT2D eigenvalue weighted by molar-refractivity contribution is 7.17. The van der Waals surface area contributed by atoms with Crippen LogP contribution < -0.4 is 10.1 Å². The number of anilines is 1. The highest BCUT2D eigenvalue weighted by Gasteiger charge is 2.28. The second-order valence-electron chi connectivity index (χ2n) is 6.11. The van der Waals surface area contributed by atoms with E-state index in [9.17, 15) is 9.59 Å². The van der Waals surface area contributed by atoms with Gasteiger partial charge in [0.25, 0.3) is 5.91 Å². The van der Waals surface area contributed by atoms with E-state index in [4.69, 9.17) is 21.1 Å². The molecule has 3 rings (SSSR count). The van der Waals surface area contributed by atoms with E-state index < -0.39 is 12.1 Å². The van der Waals surface area contributed by atoms with Crippen LogP contribution in [-0.4, -0.2) is 25.1 Å². The standard InChI is InChI=1S/C19H20ClNO4S/c1-11(25-13-9-7-12(20)8-10-13)17(22)21-18-16(19(23)24-2)14-5-3-4-6-15(14)26-18/h7-11H,3-6H2,1-2H3,(H,21,22). The maximum Gasteiger partial charge on any atom is 0.341 e. The molecule has 1 atom stereocenters. The molecule has 0 bridgehead atoms. The van der Waals surface area contributed by atoms with Crippen molar-refractivity contribution < 1.29 is 19.1 Å². The molecular formula is C19H20ClNO4S. The summed E-state index contributed by atoms with van der Waals surface area (Å²) in [6, 6.07) is 6.81. The number of hydrogen-bond acceptors (Lipinski definition) is 5. The first-order valence-corrected chi connectivity index (χ1v) is 9.65. The molecule has 1 N–H and O–H groups in total. The van der Waals surface area contributed by atoms with Crippen molar-refractivity contribution in [2.45, 2.75) is 38.7 Å². The van der Waals surface area contributed by atoms with Gasteiger partial charge in [0, 0.05) is 9.90 Å². The molecule has 0 radical (unpaired) electrons. The van der Waals surface area contributed by atoms with Gasteiger partial charge in [-0.15, -0.1) is 11.3 Å². The number of aryl methyl sites for hydroxylation is 1. The molecule has 0 saturated heterocycles. The molecule has 1 aliphatic rings. The normalized spacial score (nSPS) is 14.3. The zero-order valence-electron chi connectivity index (χ0n) is 14.6. The summed E-state index contributed by atoms with van der Waals surface area (Å²) in [6.45, 7) is 1.66. The zero-order chi connectivity index (χ0) is 18.7. The molecule has 1 amide bonds. The van der Waals surface area contributed by atoms with Crippen LogP contribution in [-0.2, 0) is 22.4 Å². The number of fused-ring (bicyclic) bond motifs is 1. The molecule has 1 unspecified atom stereocenters. The van der Waals surface area contributed by atoms with Crippen LogP contribution in [0, 0.1) is 0 Å². The van der Waals surface area contributed by atoms with Crippen molar-refractivity contribution >= 4 is 39.8 Å². The van der Waals surface area contributed by atoms with E-state index in [1.807, 2.05) is 0 Å². The van der Waals surface area contributed by atoms with Crippen LogP contribution in [0.25, 0.3) is 0 Å². The van der Waals surface area contributed by atoms with Crippen LogP contribution in [0.5, 0.6) is 5.75 Å². The van der Waals surface area contributed by atoms with E-state index in [1.165, 1.54) is 18.4 Å². The maximum atomic E-state index is 12.6. The van der Waals surface area contributed by atoms with Crippen molar-refractivity contribution in [1.82, 2.24) is 0 Å². The van der Waals surface area contributed by atoms with Crippen molar-refractivity contribution in [3.63, 3.8) is 0 Å². The topological polar surface area (TPSA) is 64.6 Å². The van der Waals surface area contributed by atoms with Crippen LogP contribution in [0.15, 0.2) is 24.3 Å². The first-order chi connectivity index (χ1) is 12.5. The molecular weight excluding hydrogens is 374 g/mol. The summed E-state index contributed by atoms with van der Waals surface area (Å²) < 4.78 is 10.6. The summed E-state index contributed by atoms with van der Waals surface area (Å²) in [7, 11) is 1.35. The number of carbonyl (C=O) groups is 2. The number of hydrogen-bond donors (Lipinski definition) is 1. The van der Waals surface area contributed by atoms with E-state index >= 15 is 0 Å². The van der Waals surface area contributed by atoms with Gasteiger partial charge in [-0.1, -0.05) is 11.6 Å². The van der Waals surface area contributed by atoms with Crippen LogP contribution in [0.3, 0.4) is 0 Å². The van der Waals surface area contributed by atoms with Crippen molar-refractivity contribution in [1.29, 1.82) is 0 Å². The Morgan fingerprint density at radius 1 is 1.19 bits per heavy atom. The third kappa shape index (κ3) is 4.02. The van der Waals surface area contributed by atoms with E-state index in [2.05, 4.69) is 5.32 Å². The van der Waals surface area contributed by atoms with Crippen molar-refractivity contribution in [3.05, 3.63) is 45.3 Å². The molecule has 0 spiro atoms. The predicted octanol–water partition coefficient (Wildman–Crippen LogP) is 4.47. The second-order valence-corrected chi connectivity index (χ2v) is 7.65. The number of esters is 1. The number of benzene rings is 1. The Balaban J connectivity index is 1.77. The number of carbonyl (C=O) groups excluding carboxylic acids is 2. The lowest BCUT2D eigenvalue weighted by atomic mass is 9.95. The fourth-order valence-electron chi connectivity index (χ4n) is 2.96. The fraction of sp³-hybridized carbons (Fsp3) is 0.368. The van der Waals surface area contributed by atoms with Gasteiger partial charge in [0.2, 0.25) is 0 Å². The Morgan fingerprint density at radius 2 is 1.88 bits per heavy atom. The smallest absolute Gasteiger partial charge is 0.341 e. The number of amides is 1. The zero-order valence-corrected chi connectivity index (χ0v) is 16.2. The van der Waals surface area contributed by atoms with E-state index in [1.54, 1.807) is 31.2 Å². The first kappa shape index (κ1) is 18.7. The number of rotatable bonds is 5. The molecule has 1 aromatic heterocycles. The first-order valence-electron chi connectivity index (χ1n) is 8.45. The molecule has 0 fully saturated rings. The molecule has 26 heavy (non-hydrogen) atoms. The number of methoxy groups -OCH3 is 1. The van der Waals surface area contributed by atoms with Gasteiger partial charge in [0.15, 0.2) is 6.10 Å². The lowest BCUT2D eigenvalue weighted by Crippen LogP contribution is -2.30. The molecule has 1 heterocycles. The third-order valence-corrected chi connectivity index (χ3v) is 5.75. The average molecular weight is 394 g/mol. The van der Waals surface area contributed by atoms with Crippen LogP contribution in [0.1, 0.15) is 40.6 Å². The Bertz CT molecular complexity index is 816. The quantitative estimate of drug-likeness (QED) is 0.761. The average Bonchev–Trinajstić information content (AvgIpc) is 3.00. The van der Waals surface area contributed by atoms with E-state index in [-0.39, 0.29) is 5.91 Å². The molecule has 1 aromatic carbocycles. The minimum Gasteiger partial charge on any atom is -0.481 e. The number of thiophene rings is 1. The SMILES string of the molecule is COC(=O)c1c(NC(=O)C(C)Oc2ccc(Cl)cc2)sc2c1CCCC2. The molecule has 0 saturated carbocycles. The molecule has 1 aliphatic carbocycles. The van der Waals surface area contributed by atoms with E-state index in [0.29, 0.717) is 21.3 Å². The van der Waals surface area contributed by atoms with Crippen molar-refractivity contribution in [3.8, 4) is 5.75 Å². The Morgan fingerprint density at radius 3 is 2.58 bits per heavy atom. The third-order valence-electron chi connectivity index (χ3n) is 4.29. The van der Waals surface area contributed by atoms with Gasteiger partial charge in [0.05, 0.1) is 12.7 Å². The largest absolute Gasteiger partial charge is 0.481 e.